The van der Waals surface area contributed by atoms with Crippen molar-refractivity contribution < 1.29 is 9.53 Å². The summed E-state index contributed by atoms with van der Waals surface area (Å²) in [6.07, 6.45) is 0.542. The van der Waals surface area contributed by atoms with Crippen LogP contribution in [0, 0.1) is 0 Å². The molecule has 1 aliphatic heterocycles. The molecule has 4 heteroatoms. The van der Waals surface area contributed by atoms with Crippen molar-refractivity contribution in [3.8, 4) is 0 Å². The highest BCUT2D eigenvalue weighted by atomic mass is 35.5. The maximum atomic E-state index is 11.9. The monoisotopic (exact) mass is 253 g/mol. The molecule has 0 atom stereocenters. The van der Waals surface area contributed by atoms with Crippen LogP contribution in [0.3, 0.4) is 0 Å². The quantitative estimate of drug-likeness (QED) is 0.771. The molecule has 1 fully saturated rings. The molecule has 3 nitrogen and oxygen atoms in total. The summed E-state index contributed by atoms with van der Waals surface area (Å²) >= 11 is 5.86. The first-order valence-corrected chi connectivity index (χ1v) is 6.22. The van der Waals surface area contributed by atoms with E-state index in [2.05, 4.69) is 4.90 Å². The molecule has 1 heterocycles. The highest BCUT2D eigenvalue weighted by Gasteiger charge is 2.12. The number of rotatable bonds is 4. The fourth-order valence-corrected chi connectivity index (χ4v) is 2.08. The Morgan fingerprint density at radius 2 is 2.12 bits per heavy atom. The zero-order valence-corrected chi connectivity index (χ0v) is 10.4. The van der Waals surface area contributed by atoms with Gasteiger partial charge in [0, 0.05) is 36.6 Å². The third-order valence-electron chi connectivity index (χ3n) is 2.91. The number of halogens is 1. The SMILES string of the molecule is O=C(CCN1CCOCC1)c1cccc(Cl)c1. The van der Waals surface area contributed by atoms with Gasteiger partial charge in [0.15, 0.2) is 5.78 Å². The molecular formula is C13H16ClNO2. The van der Waals surface area contributed by atoms with Crippen molar-refractivity contribution in [1.82, 2.24) is 4.90 Å². The Hall–Kier alpha value is -0.900. The molecule has 1 aliphatic rings. The molecular weight excluding hydrogens is 238 g/mol. The maximum absolute atomic E-state index is 11.9. The lowest BCUT2D eigenvalue weighted by molar-refractivity contribution is 0.0370. The van der Waals surface area contributed by atoms with Gasteiger partial charge in [-0.05, 0) is 12.1 Å². The lowest BCUT2D eigenvalue weighted by Crippen LogP contribution is -2.37. The van der Waals surface area contributed by atoms with Crippen LogP contribution < -0.4 is 0 Å². The molecule has 0 aromatic heterocycles. The summed E-state index contributed by atoms with van der Waals surface area (Å²) in [6.45, 7) is 4.18. The van der Waals surface area contributed by atoms with E-state index in [4.69, 9.17) is 16.3 Å². The zero-order valence-electron chi connectivity index (χ0n) is 9.69. The van der Waals surface area contributed by atoms with E-state index in [9.17, 15) is 4.79 Å². The van der Waals surface area contributed by atoms with Crippen LogP contribution in [-0.4, -0.2) is 43.5 Å². The third-order valence-corrected chi connectivity index (χ3v) is 3.14. The molecule has 0 spiro atoms. The van der Waals surface area contributed by atoms with Gasteiger partial charge < -0.3 is 4.74 Å². The maximum Gasteiger partial charge on any atom is 0.164 e. The molecule has 0 N–H and O–H groups in total. The molecule has 1 saturated heterocycles. The van der Waals surface area contributed by atoms with Crippen molar-refractivity contribution in [2.45, 2.75) is 6.42 Å². The van der Waals surface area contributed by atoms with Gasteiger partial charge in [-0.15, -0.1) is 0 Å². The first-order chi connectivity index (χ1) is 8.25. The molecule has 92 valence electrons. The summed E-state index contributed by atoms with van der Waals surface area (Å²) < 4.78 is 5.26. The van der Waals surface area contributed by atoms with Crippen molar-refractivity contribution >= 4 is 17.4 Å². The van der Waals surface area contributed by atoms with Crippen molar-refractivity contribution in [2.75, 3.05) is 32.8 Å². The van der Waals surface area contributed by atoms with Crippen molar-refractivity contribution in [3.63, 3.8) is 0 Å². The Morgan fingerprint density at radius 3 is 2.82 bits per heavy atom. The Bertz CT molecular complexity index is 389. The first-order valence-electron chi connectivity index (χ1n) is 5.84. The summed E-state index contributed by atoms with van der Waals surface area (Å²) in [5.41, 5.74) is 0.700. The van der Waals surface area contributed by atoms with E-state index in [-0.39, 0.29) is 5.78 Å². The van der Waals surface area contributed by atoms with Crippen molar-refractivity contribution in [3.05, 3.63) is 34.9 Å². The zero-order chi connectivity index (χ0) is 12.1. The standard InChI is InChI=1S/C13H16ClNO2/c14-12-3-1-2-11(10-12)13(16)4-5-15-6-8-17-9-7-15/h1-3,10H,4-9H2. The Kier molecular flexibility index (Phi) is 4.54. The number of Topliss-reactive ketones (excluding diaryl/α,β-unsaturated/α-hetero) is 1. The van der Waals surface area contributed by atoms with Gasteiger partial charge in [0.2, 0.25) is 0 Å². The van der Waals surface area contributed by atoms with Gasteiger partial charge in [-0.3, -0.25) is 9.69 Å². The summed E-state index contributed by atoms with van der Waals surface area (Å²) in [5, 5.41) is 0.613. The van der Waals surface area contributed by atoms with Crippen LogP contribution in [-0.2, 0) is 4.74 Å². The highest BCUT2D eigenvalue weighted by Crippen LogP contribution is 2.12. The van der Waals surface area contributed by atoms with Crippen LogP contribution >= 0.6 is 11.6 Å². The number of ketones is 1. The lowest BCUT2D eigenvalue weighted by atomic mass is 10.1. The minimum absolute atomic E-state index is 0.152. The van der Waals surface area contributed by atoms with E-state index in [0.29, 0.717) is 17.0 Å². The molecule has 0 radical (unpaired) electrons. The van der Waals surface area contributed by atoms with Crippen LogP contribution in [0.2, 0.25) is 5.02 Å². The minimum Gasteiger partial charge on any atom is -0.379 e. The Labute approximate surface area is 106 Å². The fraction of sp³-hybridized carbons (Fsp3) is 0.462. The second-order valence-electron chi connectivity index (χ2n) is 4.14. The number of nitrogens with zero attached hydrogens (tertiary/aromatic N) is 1. The molecule has 2 rings (SSSR count). The second kappa shape index (κ2) is 6.15. The Balaban J connectivity index is 1.84. The summed E-state index contributed by atoms with van der Waals surface area (Å²) in [5.74, 6) is 0.152. The molecule has 1 aromatic rings. The molecule has 17 heavy (non-hydrogen) atoms. The molecule has 1 aromatic carbocycles. The van der Waals surface area contributed by atoms with E-state index < -0.39 is 0 Å². The van der Waals surface area contributed by atoms with Crippen molar-refractivity contribution in [1.29, 1.82) is 0 Å². The average Bonchev–Trinajstić information content (AvgIpc) is 2.37. The van der Waals surface area contributed by atoms with Crippen LogP contribution in [0.25, 0.3) is 0 Å². The van der Waals surface area contributed by atoms with E-state index in [1.165, 1.54) is 0 Å². The van der Waals surface area contributed by atoms with Crippen LogP contribution in [0.5, 0.6) is 0 Å². The smallest absolute Gasteiger partial charge is 0.164 e. The van der Waals surface area contributed by atoms with Gasteiger partial charge in [0.05, 0.1) is 13.2 Å². The summed E-state index contributed by atoms with van der Waals surface area (Å²) in [7, 11) is 0. The van der Waals surface area contributed by atoms with Crippen LogP contribution in [0.1, 0.15) is 16.8 Å². The number of hydrogen-bond donors (Lipinski definition) is 0. The number of hydrogen-bond acceptors (Lipinski definition) is 3. The average molecular weight is 254 g/mol. The minimum atomic E-state index is 0.152. The molecule has 0 aliphatic carbocycles. The van der Waals surface area contributed by atoms with Gasteiger partial charge in [0.1, 0.15) is 0 Å². The number of carbonyl (C=O) groups excluding carboxylic acids is 1. The third kappa shape index (κ3) is 3.80. The normalized spacial score (nSPS) is 17.0. The molecule has 0 amide bonds. The molecule has 0 saturated carbocycles. The fourth-order valence-electron chi connectivity index (χ4n) is 1.89. The molecule has 0 bridgehead atoms. The highest BCUT2D eigenvalue weighted by molar-refractivity contribution is 6.31. The number of ether oxygens (including phenoxy) is 1. The van der Waals surface area contributed by atoms with Gasteiger partial charge in [-0.1, -0.05) is 23.7 Å². The number of benzene rings is 1. The summed E-state index contributed by atoms with van der Waals surface area (Å²) in [4.78, 5) is 14.2. The van der Waals surface area contributed by atoms with E-state index in [0.717, 1.165) is 32.8 Å². The van der Waals surface area contributed by atoms with E-state index in [1.807, 2.05) is 12.1 Å². The van der Waals surface area contributed by atoms with Crippen LogP contribution in [0.15, 0.2) is 24.3 Å². The van der Waals surface area contributed by atoms with Gasteiger partial charge in [-0.25, -0.2) is 0 Å². The van der Waals surface area contributed by atoms with E-state index in [1.54, 1.807) is 12.1 Å². The number of carbonyl (C=O) groups is 1. The lowest BCUT2D eigenvalue weighted by Gasteiger charge is -2.26. The summed E-state index contributed by atoms with van der Waals surface area (Å²) in [6, 6.07) is 7.13. The topological polar surface area (TPSA) is 29.5 Å². The van der Waals surface area contributed by atoms with Gasteiger partial charge in [0.25, 0.3) is 0 Å². The Morgan fingerprint density at radius 1 is 1.35 bits per heavy atom. The predicted molar refractivity (Wildman–Crippen MR) is 67.7 cm³/mol. The first kappa shape index (κ1) is 12.6. The second-order valence-corrected chi connectivity index (χ2v) is 4.57. The van der Waals surface area contributed by atoms with E-state index >= 15 is 0 Å². The molecule has 0 unspecified atom stereocenters. The largest absolute Gasteiger partial charge is 0.379 e. The predicted octanol–water partition coefficient (Wildman–Crippen LogP) is 2.25. The van der Waals surface area contributed by atoms with Crippen molar-refractivity contribution in [2.24, 2.45) is 0 Å². The number of morpholine rings is 1. The van der Waals surface area contributed by atoms with Gasteiger partial charge in [-0.2, -0.15) is 0 Å². The van der Waals surface area contributed by atoms with Gasteiger partial charge >= 0.3 is 0 Å². The van der Waals surface area contributed by atoms with Crippen LogP contribution in [0.4, 0.5) is 0 Å².